The first kappa shape index (κ1) is 17.5. The molecule has 6 heteroatoms. The first-order valence-corrected chi connectivity index (χ1v) is 8.96. The molecule has 1 aromatic heterocycles. The van der Waals surface area contributed by atoms with Crippen molar-refractivity contribution in [1.29, 1.82) is 0 Å². The molecule has 1 saturated heterocycles. The molecular weight excluding hydrogens is 372 g/mol. The van der Waals surface area contributed by atoms with Crippen LogP contribution in [0.25, 0.3) is 0 Å². The molecule has 1 aromatic carbocycles. The highest BCUT2D eigenvalue weighted by atomic mass is 79.9. The lowest BCUT2D eigenvalue weighted by Gasteiger charge is -2.35. The van der Waals surface area contributed by atoms with Gasteiger partial charge in [-0.3, -0.25) is 4.90 Å². The standard InChI is InChI=1S/C18H23BrN2O3/c1-22-15-4-2-14(3-5-15)17(21-8-10-23-11-9-21)13-20-12-16-6-7-18(19)24-16/h2-7,17,20H,8-13H2,1H3. The summed E-state index contributed by atoms with van der Waals surface area (Å²) in [7, 11) is 1.69. The van der Waals surface area contributed by atoms with Crippen LogP contribution in [0.2, 0.25) is 0 Å². The Bertz CT molecular complexity index is 623. The van der Waals surface area contributed by atoms with E-state index in [-0.39, 0.29) is 0 Å². The third kappa shape index (κ3) is 4.60. The lowest BCUT2D eigenvalue weighted by atomic mass is 10.0. The van der Waals surface area contributed by atoms with Crippen molar-refractivity contribution in [3.8, 4) is 5.75 Å². The molecule has 0 bridgehead atoms. The fourth-order valence-electron chi connectivity index (χ4n) is 2.95. The van der Waals surface area contributed by atoms with Crippen LogP contribution in [0.3, 0.4) is 0 Å². The molecule has 0 radical (unpaired) electrons. The van der Waals surface area contributed by atoms with Crippen LogP contribution in [0, 0.1) is 0 Å². The molecule has 130 valence electrons. The zero-order valence-electron chi connectivity index (χ0n) is 13.8. The second-order valence-electron chi connectivity index (χ2n) is 5.77. The number of hydrogen-bond acceptors (Lipinski definition) is 5. The zero-order valence-corrected chi connectivity index (χ0v) is 15.4. The third-order valence-corrected chi connectivity index (χ3v) is 4.68. The Morgan fingerprint density at radius 1 is 1.17 bits per heavy atom. The molecule has 5 nitrogen and oxygen atoms in total. The predicted molar refractivity (Wildman–Crippen MR) is 96.2 cm³/mol. The Balaban J connectivity index is 1.66. The number of halogens is 1. The van der Waals surface area contributed by atoms with Crippen LogP contribution >= 0.6 is 15.9 Å². The number of rotatable bonds is 7. The van der Waals surface area contributed by atoms with Gasteiger partial charge in [0.05, 0.1) is 26.9 Å². The fraction of sp³-hybridized carbons (Fsp3) is 0.444. The third-order valence-electron chi connectivity index (χ3n) is 4.25. The van der Waals surface area contributed by atoms with E-state index in [1.165, 1.54) is 5.56 Å². The van der Waals surface area contributed by atoms with Crippen molar-refractivity contribution < 1.29 is 13.9 Å². The molecule has 1 unspecified atom stereocenters. The lowest BCUT2D eigenvalue weighted by Crippen LogP contribution is -2.42. The van der Waals surface area contributed by atoms with Crippen molar-refractivity contribution >= 4 is 15.9 Å². The summed E-state index contributed by atoms with van der Waals surface area (Å²) >= 11 is 3.34. The summed E-state index contributed by atoms with van der Waals surface area (Å²) in [6, 6.07) is 12.5. The van der Waals surface area contributed by atoms with Crippen molar-refractivity contribution in [3.05, 3.63) is 52.4 Å². The molecule has 0 spiro atoms. The Morgan fingerprint density at radius 3 is 2.54 bits per heavy atom. The summed E-state index contributed by atoms with van der Waals surface area (Å²) in [5, 5.41) is 3.51. The van der Waals surface area contributed by atoms with Gasteiger partial charge < -0.3 is 19.2 Å². The minimum atomic E-state index is 0.304. The van der Waals surface area contributed by atoms with E-state index < -0.39 is 0 Å². The summed E-state index contributed by atoms with van der Waals surface area (Å²) in [4.78, 5) is 2.47. The largest absolute Gasteiger partial charge is 0.497 e. The van der Waals surface area contributed by atoms with Crippen LogP contribution in [0.15, 0.2) is 45.5 Å². The number of methoxy groups -OCH3 is 1. The van der Waals surface area contributed by atoms with Gasteiger partial charge in [-0.25, -0.2) is 0 Å². The molecule has 0 saturated carbocycles. The summed E-state index contributed by atoms with van der Waals surface area (Å²) in [5.74, 6) is 1.81. The lowest BCUT2D eigenvalue weighted by molar-refractivity contribution is 0.0160. The first-order valence-electron chi connectivity index (χ1n) is 8.17. The van der Waals surface area contributed by atoms with Gasteiger partial charge in [-0.2, -0.15) is 0 Å². The van der Waals surface area contributed by atoms with Crippen LogP contribution in [0.1, 0.15) is 17.4 Å². The van der Waals surface area contributed by atoms with Gasteiger partial charge in [0.25, 0.3) is 0 Å². The summed E-state index contributed by atoms with van der Waals surface area (Å²) < 4.78 is 17.1. The van der Waals surface area contributed by atoms with Crippen molar-refractivity contribution in [3.63, 3.8) is 0 Å². The van der Waals surface area contributed by atoms with Gasteiger partial charge in [-0.1, -0.05) is 12.1 Å². The van der Waals surface area contributed by atoms with E-state index in [0.717, 1.165) is 49.0 Å². The molecule has 0 aliphatic carbocycles. The number of morpholine rings is 1. The Kier molecular flexibility index (Phi) is 6.31. The van der Waals surface area contributed by atoms with E-state index in [0.29, 0.717) is 12.6 Å². The molecule has 2 heterocycles. The number of nitrogens with zero attached hydrogens (tertiary/aromatic N) is 1. The van der Waals surface area contributed by atoms with Gasteiger partial charge in [-0.15, -0.1) is 0 Å². The van der Waals surface area contributed by atoms with E-state index >= 15 is 0 Å². The van der Waals surface area contributed by atoms with E-state index in [1.807, 2.05) is 24.3 Å². The molecule has 1 aliphatic rings. The SMILES string of the molecule is COc1ccc(C(CNCc2ccc(Br)o2)N2CCOCC2)cc1. The zero-order chi connectivity index (χ0) is 16.8. The van der Waals surface area contributed by atoms with Crippen LogP contribution in [0.5, 0.6) is 5.75 Å². The van der Waals surface area contributed by atoms with E-state index in [4.69, 9.17) is 13.9 Å². The molecule has 0 amide bonds. The summed E-state index contributed by atoms with van der Waals surface area (Å²) in [6.45, 7) is 5.04. The topological polar surface area (TPSA) is 46.9 Å². The molecule has 1 atom stereocenters. The summed E-state index contributed by atoms with van der Waals surface area (Å²) in [5.41, 5.74) is 1.28. The maximum Gasteiger partial charge on any atom is 0.169 e. The van der Waals surface area contributed by atoms with Gasteiger partial charge in [0, 0.05) is 25.7 Å². The molecule has 2 aromatic rings. The van der Waals surface area contributed by atoms with Gasteiger partial charge >= 0.3 is 0 Å². The van der Waals surface area contributed by atoms with Gasteiger partial charge in [-0.05, 0) is 45.8 Å². The number of nitrogens with one attached hydrogen (secondary N) is 1. The highest BCUT2D eigenvalue weighted by Gasteiger charge is 2.22. The Labute approximate surface area is 151 Å². The molecule has 1 fully saturated rings. The molecule has 1 aliphatic heterocycles. The fourth-order valence-corrected chi connectivity index (χ4v) is 3.29. The van der Waals surface area contributed by atoms with Crippen LogP contribution in [-0.4, -0.2) is 44.9 Å². The van der Waals surface area contributed by atoms with Crippen molar-refractivity contribution in [1.82, 2.24) is 10.2 Å². The Hall–Kier alpha value is -1.34. The van der Waals surface area contributed by atoms with Crippen molar-refractivity contribution in [2.75, 3.05) is 40.0 Å². The smallest absolute Gasteiger partial charge is 0.169 e. The first-order chi connectivity index (χ1) is 11.8. The van der Waals surface area contributed by atoms with Crippen LogP contribution < -0.4 is 10.1 Å². The number of benzene rings is 1. The van der Waals surface area contributed by atoms with Crippen molar-refractivity contribution in [2.24, 2.45) is 0 Å². The van der Waals surface area contributed by atoms with Crippen LogP contribution in [0.4, 0.5) is 0 Å². The average molecular weight is 395 g/mol. The second kappa shape index (κ2) is 8.67. The minimum absolute atomic E-state index is 0.304. The van der Waals surface area contributed by atoms with Gasteiger partial charge in [0.15, 0.2) is 4.67 Å². The van der Waals surface area contributed by atoms with E-state index in [1.54, 1.807) is 7.11 Å². The number of hydrogen-bond donors (Lipinski definition) is 1. The minimum Gasteiger partial charge on any atom is -0.497 e. The molecule has 3 rings (SSSR count). The van der Waals surface area contributed by atoms with Crippen molar-refractivity contribution in [2.45, 2.75) is 12.6 Å². The normalized spacial score (nSPS) is 16.9. The molecule has 24 heavy (non-hydrogen) atoms. The summed E-state index contributed by atoms with van der Waals surface area (Å²) in [6.07, 6.45) is 0. The second-order valence-corrected chi connectivity index (χ2v) is 6.56. The highest BCUT2D eigenvalue weighted by molar-refractivity contribution is 9.10. The van der Waals surface area contributed by atoms with Crippen LogP contribution in [-0.2, 0) is 11.3 Å². The number of ether oxygens (including phenoxy) is 2. The Morgan fingerprint density at radius 2 is 1.92 bits per heavy atom. The molecular formula is C18H23BrN2O3. The van der Waals surface area contributed by atoms with E-state index in [2.05, 4.69) is 38.3 Å². The monoisotopic (exact) mass is 394 g/mol. The van der Waals surface area contributed by atoms with Gasteiger partial charge in [0.1, 0.15) is 11.5 Å². The predicted octanol–water partition coefficient (Wildman–Crippen LogP) is 3.21. The number of furan rings is 1. The highest BCUT2D eigenvalue weighted by Crippen LogP contribution is 2.24. The van der Waals surface area contributed by atoms with Gasteiger partial charge in [0.2, 0.25) is 0 Å². The maximum atomic E-state index is 5.55. The average Bonchev–Trinajstić information content (AvgIpc) is 3.05. The molecule has 1 N–H and O–H groups in total. The maximum absolute atomic E-state index is 5.55. The van der Waals surface area contributed by atoms with E-state index in [9.17, 15) is 0 Å². The quantitative estimate of drug-likeness (QED) is 0.780.